The molecular weight excluding hydrogens is 302 g/mol. The average Bonchev–Trinajstić information content (AvgIpc) is 3.03. The average molecular weight is 331 g/mol. The Morgan fingerprint density at radius 1 is 1.29 bits per heavy atom. The largest absolute Gasteiger partial charge is 0.480 e. The molecule has 1 saturated heterocycles. The number of carbonyl (C=O) groups excluding carboxylic acids is 1. The van der Waals surface area contributed by atoms with Crippen molar-refractivity contribution in [3.8, 4) is 5.75 Å². The molecule has 1 N–H and O–H groups in total. The van der Waals surface area contributed by atoms with Crippen LogP contribution in [0, 0.1) is 5.92 Å². The second-order valence-electron chi connectivity index (χ2n) is 7.25. The maximum atomic E-state index is 12.3. The first-order valence-electron chi connectivity index (χ1n) is 9.01. The zero-order valence-electron chi connectivity index (χ0n) is 14.8. The second kappa shape index (κ2) is 7.99. The fraction of sp³-hybridized carbons (Fsp3) is 0.632. The first kappa shape index (κ1) is 17.2. The summed E-state index contributed by atoms with van der Waals surface area (Å²) in [5.74, 6) is 1.47. The zero-order chi connectivity index (χ0) is 16.9. The number of fused-ring (bicyclic) bond motifs is 1. The number of likely N-dealkylation sites (tertiary alicyclic amines) is 1. The summed E-state index contributed by atoms with van der Waals surface area (Å²) >= 11 is 0. The molecule has 132 valence electrons. The predicted octanol–water partition coefficient (Wildman–Crippen LogP) is 1.38. The minimum atomic E-state index is -0.359. The summed E-state index contributed by atoms with van der Waals surface area (Å²) in [5.41, 5.74) is 1.13. The molecule has 2 aliphatic rings. The molecule has 1 amide bonds. The molecule has 2 aliphatic heterocycles. The Hall–Kier alpha value is -1.59. The lowest BCUT2D eigenvalue weighted by Crippen LogP contribution is -2.43. The van der Waals surface area contributed by atoms with Gasteiger partial charge in [-0.05, 0) is 57.6 Å². The first-order valence-corrected chi connectivity index (χ1v) is 9.01. The Balaban J connectivity index is 1.36. The molecule has 2 heterocycles. The van der Waals surface area contributed by atoms with Crippen molar-refractivity contribution in [3.63, 3.8) is 0 Å². The maximum absolute atomic E-state index is 12.3. The van der Waals surface area contributed by atoms with Crippen molar-refractivity contribution < 1.29 is 9.53 Å². The van der Waals surface area contributed by atoms with Gasteiger partial charge in [-0.2, -0.15) is 0 Å². The van der Waals surface area contributed by atoms with Crippen LogP contribution in [0.3, 0.4) is 0 Å². The lowest BCUT2D eigenvalue weighted by Gasteiger charge is -2.32. The summed E-state index contributed by atoms with van der Waals surface area (Å²) in [7, 11) is 4.23. The van der Waals surface area contributed by atoms with E-state index in [1.807, 2.05) is 24.3 Å². The first-order chi connectivity index (χ1) is 11.6. The van der Waals surface area contributed by atoms with Crippen LogP contribution < -0.4 is 10.1 Å². The molecule has 0 unspecified atom stereocenters. The van der Waals surface area contributed by atoms with Crippen LogP contribution in [0.2, 0.25) is 0 Å². The topological polar surface area (TPSA) is 44.8 Å². The van der Waals surface area contributed by atoms with Gasteiger partial charge >= 0.3 is 0 Å². The number of hydrogen-bond donors (Lipinski definition) is 1. The normalized spacial score (nSPS) is 21.5. The molecule has 1 aromatic carbocycles. The zero-order valence-corrected chi connectivity index (χ0v) is 14.8. The van der Waals surface area contributed by atoms with E-state index >= 15 is 0 Å². The number of nitrogens with zero attached hydrogens (tertiary/aromatic N) is 2. The van der Waals surface area contributed by atoms with Crippen molar-refractivity contribution in [1.82, 2.24) is 15.1 Å². The number of likely N-dealkylation sites (N-methyl/N-ethyl adjacent to an activating group) is 1. The van der Waals surface area contributed by atoms with E-state index in [0.29, 0.717) is 12.3 Å². The van der Waals surface area contributed by atoms with Crippen molar-refractivity contribution in [2.24, 2.45) is 5.92 Å². The van der Waals surface area contributed by atoms with E-state index in [4.69, 9.17) is 4.74 Å². The molecule has 1 aromatic rings. The lowest BCUT2D eigenvalue weighted by atomic mass is 9.96. The van der Waals surface area contributed by atoms with Crippen LogP contribution in [0.1, 0.15) is 18.4 Å². The number of carbonyl (C=O) groups is 1. The summed E-state index contributed by atoms with van der Waals surface area (Å²) in [6.07, 6.45) is 2.66. The molecule has 0 aliphatic carbocycles. The smallest absolute Gasteiger partial charge is 0.261 e. The Labute approximate surface area is 145 Å². The highest BCUT2D eigenvalue weighted by atomic mass is 16.5. The monoisotopic (exact) mass is 331 g/mol. The summed E-state index contributed by atoms with van der Waals surface area (Å²) in [6.45, 7) is 5.30. The van der Waals surface area contributed by atoms with Crippen LogP contribution in [0.25, 0.3) is 0 Å². The van der Waals surface area contributed by atoms with E-state index in [0.717, 1.165) is 44.0 Å². The molecule has 0 radical (unpaired) electrons. The van der Waals surface area contributed by atoms with E-state index in [-0.39, 0.29) is 12.0 Å². The van der Waals surface area contributed by atoms with Crippen LogP contribution in [-0.4, -0.2) is 68.6 Å². The third-order valence-electron chi connectivity index (χ3n) is 5.08. The van der Waals surface area contributed by atoms with Gasteiger partial charge in [0.1, 0.15) is 5.75 Å². The number of rotatable bonds is 6. The molecule has 24 heavy (non-hydrogen) atoms. The second-order valence-corrected chi connectivity index (χ2v) is 7.25. The van der Waals surface area contributed by atoms with E-state index in [9.17, 15) is 4.79 Å². The predicted molar refractivity (Wildman–Crippen MR) is 95.3 cm³/mol. The highest BCUT2D eigenvalue weighted by Gasteiger charge is 2.29. The van der Waals surface area contributed by atoms with Gasteiger partial charge in [0, 0.05) is 26.1 Å². The number of benzene rings is 1. The summed E-state index contributed by atoms with van der Waals surface area (Å²) in [4.78, 5) is 17.1. The van der Waals surface area contributed by atoms with E-state index in [1.54, 1.807) is 0 Å². The Bertz CT molecular complexity index is 528. The van der Waals surface area contributed by atoms with Gasteiger partial charge in [0.25, 0.3) is 5.91 Å². The molecular formula is C19H29N3O2. The van der Waals surface area contributed by atoms with Crippen molar-refractivity contribution in [1.29, 1.82) is 0 Å². The molecule has 1 fully saturated rings. The summed E-state index contributed by atoms with van der Waals surface area (Å²) in [5, 5.41) is 3.10. The number of ether oxygens (including phenoxy) is 1. The Kier molecular flexibility index (Phi) is 5.74. The van der Waals surface area contributed by atoms with Gasteiger partial charge < -0.3 is 19.9 Å². The number of hydrogen-bond acceptors (Lipinski definition) is 4. The molecule has 5 nitrogen and oxygen atoms in total. The summed E-state index contributed by atoms with van der Waals surface area (Å²) < 4.78 is 5.76. The summed E-state index contributed by atoms with van der Waals surface area (Å²) in [6, 6.07) is 7.91. The molecule has 5 heteroatoms. The van der Waals surface area contributed by atoms with Crippen molar-refractivity contribution in [2.75, 3.05) is 46.8 Å². The maximum Gasteiger partial charge on any atom is 0.261 e. The SMILES string of the molecule is CN(C)CCN1CCC(CNC(=O)[C@@H]2Cc3ccccc3O2)CC1. The molecule has 1 atom stereocenters. The molecule has 0 saturated carbocycles. The Morgan fingerprint density at radius 3 is 2.75 bits per heavy atom. The number of nitrogens with one attached hydrogen (secondary N) is 1. The third-order valence-corrected chi connectivity index (χ3v) is 5.08. The van der Waals surface area contributed by atoms with Crippen LogP contribution in [0.4, 0.5) is 0 Å². The van der Waals surface area contributed by atoms with Crippen LogP contribution >= 0.6 is 0 Å². The third kappa shape index (κ3) is 4.48. The molecule has 0 bridgehead atoms. The molecule has 0 aromatic heterocycles. The van der Waals surface area contributed by atoms with Gasteiger partial charge in [-0.25, -0.2) is 0 Å². The van der Waals surface area contributed by atoms with Crippen molar-refractivity contribution in [2.45, 2.75) is 25.4 Å². The van der Waals surface area contributed by atoms with E-state index in [2.05, 4.69) is 29.2 Å². The highest BCUT2D eigenvalue weighted by molar-refractivity contribution is 5.82. The quantitative estimate of drug-likeness (QED) is 0.855. The van der Waals surface area contributed by atoms with Gasteiger partial charge in [-0.15, -0.1) is 0 Å². The highest BCUT2D eigenvalue weighted by Crippen LogP contribution is 2.28. The fourth-order valence-electron chi connectivity index (χ4n) is 3.44. The van der Waals surface area contributed by atoms with Crippen LogP contribution in [-0.2, 0) is 11.2 Å². The van der Waals surface area contributed by atoms with E-state index < -0.39 is 0 Å². The van der Waals surface area contributed by atoms with Crippen molar-refractivity contribution in [3.05, 3.63) is 29.8 Å². The van der Waals surface area contributed by atoms with Gasteiger partial charge in [0.05, 0.1) is 0 Å². The van der Waals surface area contributed by atoms with E-state index in [1.165, 1.54) is 12.8 Å². The van der Waals surface area contributed by atoms with Gasteiger partial charge in [0.2, 0.25) is 0 Å². The van der Waals surface area contributed by atoms with Gasteiger partial charge in [-0.3, -0.25) is 4.79 Å². The van der Waals surface area contributed by atoms with Gasteiger partial charge in [0.15, 0.2) is 6.10 Å². The van der Waals surface area contributed by atoms with Crippen molar-refractivity contribution >= 4 is 5.91 Å². The lowest BCUT2D eigenvalue weighted by molar-refractivity contribution is -0.127. The Morgan fingerprint density at radius 2 is 2.04 bits per heavy atom. The van der Waals surface area contributed by atoms with Crippen LogP contribution in [0.5, 0.6) is 5.75 Å². The van der Waals surface area contributed by atoms with Gasteiger partial charge in [-0.1, -0.05) is 18.2 Å². The molecule has 0 spiro atoms. The molecule has 3 rings (SSSR count). The minimum Gasteiger partial charge on any atom is -0.480 e. The number of amides is 1. The minimum absolute atomic E-state index is 0.0289. The van der Waals surface area contributed by atoms with Crippen LogP contribution in [0.15, 0.2) is 24.3 Å². The standard InChI is InChI=1S/C19H29N3O2/c1-21(2)11-12-22-9-7-15(8-10-22)14-20-19(23)18-13-16-5-3-4-6-17(16)24-18/h3-6,15,18H,7-14H2,1-2H3,(H,20,23)/t18-/m0/s1. The fourth-order valence-corrected chi connectivity index (χ4v) is 3.44. The number of para-hydroxylation sites is 1. The number of piperidine rings is 1.